The molecule has 0 N–H and O–H groups in total. The molecule has 1 aromatic heterocycles. The highest BCUT2D eigenvalue weighted by Crippen LogP contribution is 2.37. The second kappa shape index (κ2) is 7.98. The van der Waals surface area contributed by atoms with Gasteiger partial charge in [-0.25, -0.2) is 9.37 Å². The lowest BCUT2D eigenvalue weighted by molar-refractivity contribution is 0.0768. The number of likely N-dealkylation sites (tertiary alicyclic amines) is 1. The molecule has 0 saturated carbocycles. The highest BCUT2D eigenvalue weighted by molar-refractivity contribution is 7.15. The van der Waals surface area contributed by atoms with Crippen LogP contribution in [0.1, 0.15) is 27.5 Å². The van der Waals surface area contributed by atoms with Gasteiger partial charge in [-0.05, 0) is 54.8 Å². The van der Waals surface area contributed by atoms with Crippen LogP contribution in [0.2, 0.25) is 0 Å². The minimum Gasteiger partial charge on any atom is -0.497 e. The number of methoxy groups -OCH3 is 1. The van der Waals surface area contributed by atoms with E-state index in [9.17, 15) is 9.18 Å². The molecule has 0 aliphatic carbocycles. The lowest BCUT2D eigenvalue weighted by Crippen LogP contribution is -2.41. The van der Waals surface area contributed by atoms with Crippen LogP contribution < -0.4 is 4.74 Å². The molecule has 0 unspecified atom stereocenters. The average molecular weight is 448 g/mol. The van der Waals surface area contributed by atoms with E-state index >= 15 is 0 Å². The van der Waals surface area contributed by atoms with Gasteiger partial charge in [0.2, 0.25) is 0 Å². The van der Waals surface area contributed by atoms with E-state index in [2.05, 4.69) is 11.6 Å². The lowest BCUT2D eigenvalue weighted by Gasteiger charge is -2.24. The largest absolute Gasteiger partial charge is 0.497 e. The van der Waals surface area contributed by atoms with Crippen LogP contribution >= 0.6 is 11.3 Å². The molecule has 7 heteroatoms. The van der Waals surface area contributed by atoms with Crippen molar-refractivity contribution < 1.29 is 13.9 Å². The Balaban J connectivity index is 1.46. The van der Waals surface area contributed by atoms with Crippen LogP contribution in [-0.2, 0) is 6.42 Å². The molecule has 5 nitrogen and oxygen atoms in total. The number of nitrogens with zero attached hydrogens (tertiary/aromatic N) is 3. The summed E-state index contributed by atoms with van der Waals surface area (Å²) in [6.45, 7) is 6.49. The topological polar surface area (TPSA) is 54.8 Å². The van der Waals surface area contributed by atoms with E-state index in [0.717, 1.165) is 43.7 Å². The Kier molecular flexibility index (Phi) is 5.13. The monoisotopic (exact) mass is 447 g/mol. The van der Waals surface area contributed by atoms with E-state index in [-0.39, 0.29) is 17.8 Å². The number of carbonyl (C=O) groups is 1. The first-order valence-electron chi connectivity index (χ1n) is 10.4. The standard InChI is InChI=1S/C25H22FN3O2S/c1-14-10-22(21-12-17-11-19(31-3)8-9-20(17)28-21)29(13-14)25(30)23-24(32-15(2)27-23)16-4-6-18(26)7-5-16/h4-9,11,22H,1,10,12-13H2,2-3H3/t22-/m0/s1. The normalized spacial score (nSPS) is 17.5. The van der Waals surface area contributed by atoms with Crippen molar-refractivity contribution in [1.82, 2.24) is 9.88 Å². The first kappa shape index (κ1) is 20.6. The van der Waals surface area contributed by atoms with E-state index < -0.39 is 0 Å². The second-order valence-electron chi connectivity index (χ2n) is 8.10. The highest BCUT2D eigenvalue weighted by Gasteiger charge is 2.38. The Bertz CT molecular complexity index is 1260. The molecular formula is C25H22FN3O2S. The number of ether oxygens (including phenoxy) is 1. The predicted molar refractivity (Wildman–Crippen MR) is 125 cm³/mol. The second-order valence-corrected chi connectivity index (χ2v) is 9.30. The molecule has 0 bridgehead atoms. The van der Waals surface area contributed by atoms with Gasteiger partial charge in [0.05, 0.1) is 28.7 Å². The maximum Gasteiger partial charge on any atom is 0.274 e. The summed E-state index contributed by atoms with van der Waals surface area (Å²) in [5.74, 6) is 0.341. The maximum absolute atomic E-state index is 13.7. The molecule has 3 heterocycles. The third kappa shape index (κ3) is 3.62. The van der Waals surface area contributed by atoms with Crippen molar-refractivity contribution in [2.75, 3.05) is 13.7 Å². The van der Waals surface area contributed by atoms with Crippen LogP contribution in [0.4, 0.5) is 10.1 Å². The third-order valence-electron chi connectivity index (χ3n) is 5.86. The van der Waals surface area contributed by atoms with E-state index in [4.69, 9.17) is 9.73 Å². The molecule has 3 aromatic rings. The Morgan fingerprint density at radius 2 is 2.03 bits per heavy atom. The van der Waals surface area contributed by atoms with Gasteiger partial charge in [-0.15, -0.1) is 11.3 Å². The summed E-state index contributed by atoms with van der Waals surface area (Å²) in [5.41, 5.74) is 5.15. The fourth-order valence-corrected chi connectivity index (χ4v) is 5.25. The number of hydrogen-bond acceptors (Lipinski definition) is 5. The summed E-state index contributed by atoms with van der Waals surface area (Å²) in [4.78, 5) is 25.6. The number of amides is 1. The Morgan fingerprint density at radius 3 is 2.78 bits per heavy atom. The minimum atomic E-state index is -0.311. The van der Waals surface area contributed by atoms with Crippen molar-refractivity contribution >= 4 is 28.6 Å². The third-order valence-corrected chi connectivity index (χ3v) is 6.88. The maximum atomic E-state index is 13.7. The van der Waals surface area contributed by atoms with E-state index in [1.807, 2.05) is 30.0 Å². The lowest BCUT2D eigenvalue weighted by atomic mass is 10.0. The molecule has 1 saturated heterocycles. The van der Waals surface area contributed by atoms with Gasteiger partial charge < -0.3 is 9.64 Å². The summed E-state index contributed by atoms with van der Waals surface area (Å²) >= 11 is 1.44. The summed E-state index contributed by atoms with van der Waals surface area (Å²) in [6, 6.07) is 11.9. The van der Waals surface area contributed by atoms with Crippen molar-refractivity contribution in [3.8, 4) is 16.2 Å². The van der Waals surface area contributed by atoms with Crippen molar-refractivity contribution in [2.24, 2.45) is 4.99 Å². The SMILES string of the molecule is C=C1C[C@@H](C2=Nc3ccc(OC)cc3C2)N(C(=O)c2nc(C)sc2-c2ccc(F)cc2)C1. The van der Waals surface area contributed by atoms with Crippen LogP contribution in [-0.4, -0.2) is 41.2 Å². The first-order valence-corrected chi connectivity index (χ1v) is 11.2. The van der Waals surface area contributed by atoms with Crippen LogP contribution in [0.25, 0.3) is 10.4 Å². The van der Waals surface area contributed by atoms with Crippen molar-refractivity contribution in [1.29, 1.82) is 0 Å². The molecule has 2 aromatic carbocycles. The minimum absolute atomic E-state index is 0.145. The zero-order valence-electron chi connectivity index (χ0n) is 17.9. The van der Waals surface area contributed by atoms with Gasteiger partial charge in [-0.2, -0.15) is 0 Å². The van der Waals surface area contributed by atoms with Crippen molar-refractivity contribution in [3.63, 3.8) is 0 Å². The Labute approximate surface area is 189 Å². The molecule has 1 fully saturated rings. The molecular weight excluding hydrogens is 425 g/mol. The van der Waals surface area contributed by atoms with Gasteiger partial charge in [-0.1, -0.05) is 24.3 Å². The number of aryl methyl sites for hydroxylation is 1. The summed E-state index contributed by atoms with van der Waals surface area (Å²) in [7, 11) is 1.65. The molecule has 162 valence electrons. The average Bonchev–Trinajstić information content (AvgIpc) is 3.49. The summed E-state index contributed by atoms with van der Waals surface area (Å²) in [6.07, 6.45) is 1.36. The number of carbonyl (C=O) groups excluding carboxylic acids is 1. The fraction of sp³-hybridized carbons (Fsp3) is 0.240. The summed E-state index contributed by atoms with van der Waals surface area (Å²) < 4.78 is 18.8. The van der Waals surface area contributed by atoms with Crippen LogP contribution in [0, 0.1) is 12.7 Å². The van der Waals surface area contributed by atoms with E-state index in [1.165, 1.54) is 23.5 Å². The van der Waals surface area contributed by atoms with Gasteiger partial charge in [0, 0.05) is 18.7 Å². The molecule has 2 aliphatic heterocycles. The van der Waals surface area contributed by atoms with Crippen molar-refractivity contribution in [3.05, 3.63) is 76.7 Å². The van der Waals surface area contributed by atoms with Crippen LogP contribution in [0.5, 0.6) is 5.75 Å². The molecule has 1 atom stereocenters. The number of hydrogen-bond donors (Lipinski definition) is 0. The zero-order chi connectivity index (χ0) is 22.4. The van der Waals surface area contributed by atoms with Gasteiger partial charge in [0.15, 0.2) is 0 Å². The first-order chi connectivity index (χ1) is 15.4. The number of aliphatic imine (C=N–C) groups is 1. The molecule has 0 spiro atoms. The van der Waals surface area contributed by atoms with Gasteiger partial charge in [0.25, 0.3) is 5.91 Å². The van der Waals surface area contributed by atoms with Gasteiger partial charge >= 0.3 is 0 Å². The van der Waals surface area contributed by atoms with Crippen LogP contribution in [0.3, 0.4) is 0 Å². The van der Waals surface area contributed by atoms with E-state index in [1.54, 1.807) is 19.2 Å². The number of benzene rings is 2. The molecule has 2 aliphatic rings. The number of rotatable bonds is 4. The Hall–Kier alpha value is -3.32. The number of halogens is 1. The van der Waals surface area contributed by atoms with E-state index in [0.29, 0.717) is 25.1 Å². The van der Waals surface area contributed by atoms with Crippen molar-refractivity contribution in [2.45, 2.75) is 25.8 Å². The van der Waals surface area contributed by atoms with Gasteiger partial charge in [0.1, 0.15) is 17.3 Å². The summed E-state index contributed by atoms with van der Waals surface area (Å²) in [5, 5.41) is 0.792. The fourth-order valence-electron chi connectivity index (χ4n) is 4.34. The Morgan fingerprint density at radius 1 is 1.25 bits per heavy atom. The predicted octanol–water partition coefficient (Wildman–Crippen LogP) is 5.37. The number of thiazole rings is 1. The molecule has 5 rings (SSSR count). The smallest absolute Gasteiger partial charge is 0.274 e. The highest BCUT2D eigenvalue weighted by atomic mass is 32.1. The number of aromatic nitrogens is 1. The van der Waals surface area contributed by atoms with Crippen LogP contribution in [0.15, 0.2) is 59.6 Å². The molecule has 0 radical (unpaired) electrons. The molecule has 1 amide bonds. The zero-order valence-corrected chi connectivity index (χ0v) is 18.7. The number of fused-ring (bicyclic) bond motifs is 1. The molecule has 32 heavy (non-hydrogen) atoms. The van der Waals surface area contributed by atoms with Gasteiger partial charge in [-0.3, -0.25) is 9.79 Å². The quantitative estimate of drug-likeness (QED) is 0.506.